The topological polar surface area (TPSA) is 65.9 Å². The number of nitrogens with one attached hydrogen (secondary N) is 2. The fourth-order valence-corrected chi connectivity index (χ4v) is 2.15. The van der Waals surface area contributed by atoms with Crippen LogP contribution in [0.4, 0.5) is 0 Å². The van der Waals surface area contributed by atoms with Crippen molar-refractivity contribution >= 4 is 5.96 Å². The van der Waals surface area contributed by atoms with Crippen molar-refractivity contribution in [1.82, 2.24) is 10.6 Å². The zero-order valence-corrected chi connectivity index (χ0v) is 14.0. The highest BCUT2D eigenvalue weighted by Gasteiger charge is 1.99. The quantitative estimate of drug-likeness (QED) is 0.396. The van der Waals surface area contributed by atoms with E-state index in [1.165, 1.54) is 0 Å². The van der Waals surface area contributed by atoms with E-state index in [4.69, 9.17) is 4.74 Å². The summed E-state index contributed by atoms with van der Waals surface area (Å²) >= 11 is 0. The van der Waals surface area contributed by atoms with Gasteiger partial charge in [0.15, 0.2) is 5.96 Å². The summed E-state index contributed by atoms with van der Waals surface area (Å²) in [5.74, 6) is 1.92. The molecule has 0 unspecified atom stereocenters. The van der Waals surface area contributed by atoms with Crippen LogP contribution in [0.15, 0.2) is 59.6 Å². The van der Waals surface area contributed by atoms with Gasteiger partial charge >= 0.3 is 0 Å². The third-order valence-corrected chi connectivity index (χ3v) is 3.30. The van der Waals surface area contributed by atoms with Crippen molar-refractivity contribution in [3.63, 3.8) is 0 Å². The van der Waals surface area contributed by atoms with Gasteiger partial charge in [-0.05, 0) is 43.2 Å². The molecular weight excluding hydrogens is 302 g/mol. The Labute approximate surface area is 143 Å². The Morgan fingerprint density at radius 3 is 2.67 bits per heavy atom. The second-order valence-corrected chi connectivity index (χ2v) is 5.31. The van der Waals surface area contributed by atoms with Gasteiger partial charge in [0.1, 0.15) is 11.5 Å². The zero-order valence-electron chi connectivity index (χ0n) is 14.0. The number of guanidine groups is 1. The number of para-hydroxylation sites is 1. The normalized spacial score (nSPS) is 11.1. The predicted molar refractivity (Wildman–Crippen MR) is 97.5 cm³/mol. The van der Waals surface area contributed by atoms with Gasteiger partial charge in [-0.2, -0.15) is 0 Å². The molecule has 0 radical (unpaired) electrons. The third kappa shape index (κ3) is 6.60. The van der Waals surface area contributed by atoms with E-state index < -0.39 is 0 Å². The van der Waals surface area contributed by atoms with E-state index in [0.717, 1.165) is 36.8 Å². The molecule has 24 heavy (non-hydrogen) atoms. The Morgan fingerprint density at radius 2 is 1.92 bits per heavy atom. The van der Waals surface area contributed by atoms with Gasteiger partial charge in [0, 0.05) is 13.1 Å². The molecule has 3 N–H and O–H groups in total. The minimum absolute atomic E-state index is 0.263. The minimum Gasteiger partial charge on any atom is -0.508 e. The molecule has 0 spiro atoms. The molecule has 0 bridgehead atoms. The lowest BCUT2D eigenvalue weighted by Gasteiger charge is -2.12. The van der Waals surface area contributed by atoms with Crippen molar-refractivity contribution < 1.29 is 9.84 Å². The van der Waals surface area contributed by atoms with Crippen molar-refractivity contribution in [2.75, 3.05) is 19.7 Å². The van der Waals surface area contributed by atoms with Crippen molar-refractivity contribution in [3.05, 3.63) is 60.2 Å². The smallest absolute Gasteiger partial charge is 0.191 e. The molecule has 0 saturated carbocycles. The number of benzene rings is 2. The summed E-state index contributed by atoms with van der Waals surface area (Å²) in [6.45, 7) is 4.78. The number of phenolic OH excluding ortho intramolecular Hbond substituents is 1. The van der Waals surface area contributed by atoms with Gasteiger partial charge in [-0.25, -0.2) is 4.99 Å². The molecule has 0 aromatic heterocycles. The first kappa shape index (κ1) is 17.7. The van der Waals surface area contributed by atoms with E-state index in [-0.39, 0.29) is 5.75 Å². The molecule has 0 heterocycles. The molecule has 0 fully saturated rings. The number of aromatic hydroxyl groups is 1. The first-order valence-corrected chi connectivity index (χ1v) is 8.26. The average Bonchev–Trinajstić information content (AvgIpc) is 2.60. The Morgan fingerprint density at radius 1 is 1.08 bits per heavy atom. The van der Waals surface area contributed by atoms with Crippen LogP contribution >= 0.6 is 0 Å². The summed E-state index contributed by atoms with van der Waals surface area (Å²) < 4.78 is 5.66. The van der Waals surface area contributed by atoms with Crippen LogP contribution in [-0.2, 0) is 6.54 Å². The first-order chi connectivity index (χ1) is 11.8. The molecule has 0 aliphatic rings. The first-order valence-electron chi connectivity index (χ1n) is 8.26. The number of rotatable bonds is 8. The predicted octanol–water partition coefficient (Wildman–Crippen LogP) is 2.92. The Bertz CT molecular complexity index is 630. The van der Waals surface area contributed by atoms with Crippen molar-refractivity contribution in [1.29, 1.82) is 0 Å². The lowest BCUT2D eigenvalue weighted by molar-refractivity contribution is 0.311. The lowest BCUT2D eigenvalue weighted by Crippen LogP contribution is -2.38. The molecule has 128 valence electrons. The van der Waals surface area contributed by atoms with Gasteiger partial charge < -0.3 is 20.5 Å². The van der Waals surface area contributed by atoms with Crippen LogP contribution in [0.2, 0.25) is 0 Å². The van der Waals surface area contributed by atoms with E-state index >= 15 is 0 Å². The number of phenols is 1. The highest BCUT2D eigenvalue weighted by Crippen LogP contribution is 2.11. The maximum absolute atomic E-state index is 9.48. The Kier molecular flexibility index (Phi) is 7.47. The summed E-state index contributed by atoms with van der Waals surface area (Å²) in [6, 6.07) is 16.9. The lowest BCUT2D eigenvalue weighted by atomic mass is 10.2. The standard InChI is InChI=1S/C19H25N3O2/c1-2-20-19(22-15-16-8-6-9-17(23)14-16)21-12-7-13-24-18-10-4-3-5-11-18/h3-6,8-11,14,23H,2,7,12-13,15H2,1H3,(H2,20,21,22). The fourth-order valence-electron chi connectivity index (χ4n) is 2.15. The molecular formula is C19H25N3O2. The highest BCUT2D eigenvalue weighted by molar-refractivity contribution is 5.79. The van der Waals surface area contributed by atoms with Gasteiger partial charge in [-0.15, -0.1) is 0 Å². The summed E-state index contributed by atoms with van der Waals surface area (Å²) in [5, 5.41) is 16.0. The molecule has 0 aliphatic carbocycles. The van der Waals surface area contributed by atoms with Crippen LogP contribution < -0.4 is 15.4 Å². The van der Waals surface area contributed by atoms with Gasteiger partial charge in [0.25, 0.3) is 0 Å². The molecule has 2 rings (SSSR count). The Hall–Kier alpha value is -2.69. The van der Waals surface area contributed by atoms with Crippen molar-refractivity contribution in [2.45, 2.75) is 19.9 Å². The van der Waals surface area contributed by atoms with E-state index in [1.54, 1.807) is 12.1 Å². The van der Waals surface area contributed by atoms with Crippen molar-refractivity contribution in [2.24, 2.45) is 4.99 Å². The van der Waals surface area contributed by atoms with Crippen LogP contribution in [0, 0.1) is 0 Å². The molecule has 5 heteroatoms. The molecule has 5 nitrogen and oxygen atoms in total. The van der Waals surface area contributed by atoms with Crippen LogP contribution in [0.5, 0.6) is 11.5 Å². The van der Waals surface area contributed by atoms with E-state index in [0.29, 0.717) is 13.2 Å². The number of ether oxygens (including phenoxy) is 1. The summed E-state index contributed by atoms with van der Waals surface area (Å²) in [4.78, 5) is 4.52. The van der Waals surface area contributed by atoms with E-state index in [1.807, 2.05) is 49.4 Å². The monoisotopic (exact) mass is 327 g/mol. The van der Waals surface area contributed by atoms with Crippen LogP contribution in [0.1, 0.15) is 18.9 Å². The van der Waals surface area contributed by atoms with E-state index in [2.05, 4.69) is 15.6 Å². The van der Waals surface area contributed by atoms with Gasteiger partial charge in [-0.3, -0.25) is 0 Å². The molecule has 0 atom stereocenters. The summed E-state index contributed by atoms with van der Waals surface area (Å²) in [6.07, 6.45) is 0.880. The van der Waals surface area contributed by atoms with Crippen LogP contribution in [-0.4, -0.2) is 30.8 Å². The average molecular weight is 327 g/mol. The third-order valence-electron chi connectivity index (χ3n) is 3.30. The second-order valence-electron chi connectivity index (χ2n) is 5.31. The van der Waals surface area contributed by atoms with Crippen LogP contribution in [0.3, 0.4) is 0 Å². The molecule has 0 aliphatic heterocycles. The summed E-state index contributed by atoms with van der Waals surface area (Å²) in [5.41, 5.74) is 0.972. The minimum atomic E-state index is 0.263. The maximum atomic E-state index is 9.48. The maximum Gasteiger partial charge on any atom is 0.191 e. The largest absolute Gasteiger partial charge is 0.508 e. The number of hydrogen-bond acceptors (Lipinski definition) is 3. The van der Waals surface area contributed by atoms with E-state index in [9.17, 15) is 5.11 Å². The van der Waals surface area contributed by atoms with Crippen molar-refractivity contribution in [3.8, 4) is 11.5 Å². The zero-order chi connectivity index (χ0) is 17.0. The molecule has 0 amide bonds. The van der Waals surface area contributed by atoms with Gasteiger partial charge in [0.2, 0.25) is 0 Å². The number of aliphatic imine (C=N–C) groups is 1. The molecule has 2 aromatic rings. The van der Waals surface area contributed by atoms with Gasteiger partial charge in [0.05, 0.1) is 13.2 Å². The molecule has 2 aromatic carbocycles. The number of nitrogens with zero attached hydrogens (tertiary/aromatic N) is 1. The Balaban J connectivity index is 1.73. The SMILES string of the molecule is CCNC(=NCc1cccc(O)c1)NCCCOc1ccccc1. The van der Waals surface area contributed by atoms with Gasteiger partial charge in [-0.1, -0.05) is 30.3 Å². The highest BCUT2D eigenvalue weighted by atomic mass is 16.5. The van der Waals surface area contributed by atoms with Crippen LogP contribution in [0.25, 0.3) is 0 Å². The fraction of sp³-hybridized carbons (Fsp3) is 0.316. The number of hydrogen-bond donors (Lipinski definition) is 3. The molecule has 0 saturated heterocycles. The second kappa shape index (κ2) is 10.2. The summed E-state index contributed by atoms with van der Waals surface area (Å²) in [7, 11) is 0.